The lowest BCUT2D eigenvalue weighted by atomic mass is 9.93. The molecule has 2 N–H and O–H groups in total. The van der Waals surface area contributed by atoms with Crippen molar-refractivity contribution in [3.63, 3.8) is 0 Å². The Kier molecular flexibility index (Phi) is 2.19. The summed E-state index contributed by atoms with van der Waals surface area (Å²) in [7, 11) is 0. The number of alkyl halides is 3. The van der Waals surface area contributed by atoms with E-state index in [2.05, 4.69) is 15.0 Å². The molecular weight excluding hydrogens is 247 g/mol. The fourth-order valence-corrected chi connectivity index (χ4v) is 2.10. The Bertz CT molecular complexity index is 590. The van der Waals surface area contributed by atoms with Gasteiger partial charge in [-0.1, -0.05) is 0 Å². The number of aliphatic hydroxyl groups is 1. The first kappa shape index (κ1) is 11.5. The SMILES string of the molecule is OC(c1cnc2[nH]ccc2n1)(C1CC1)C(F)(F)F. The molecule has 1 fully saturated rings. The smallest absolute Gasteiger partial charge is 0.375 e. The molecule has 1 aliphatic carbocycles. The van der Waals surface area contributed by atoms with Crippen molar-refractivity contribution in [1.29, 1.82) is 0 Å². The summed E-state index contributed by atoms with van der Waals surface area (Å²) in [5, 5.41) is 10.0. The molecule has 0 amide bonds. The van der Waals surface area contributed by atoms with Crippen molar-refractivity contribution in [3.05, 3.63) is 24.2 Å². The van der Waals surface area contributed by atoms with Gasteiger partial charge >= 0.3 is 6.18 Å². The highest BCUT2D eigenvalue weighted by molar-refractivity contribution is 5.70. The molecule has 18 heavy (non-hydrogen) atoms. The molecule has 2 heterocycles. The average Bonchev–Trinajstić information content (AvgIpc) is 3.04. The van der Waals surface area contributed by atoms with Gasteiger partial charge in [0, 0.05) is 12.1 Å². The fourth-order valence-electron chi connectivity index (χ4n) is 2.10. The lowest BCUT2D eigenvalue weighted by Crippen LogP contribution is -2.45. The molecule has 0 radical (unpaired) electrons. The van der Waals surface area contributed by atoms with E-state index >= 15 is 0 Å². The Labute approximate surface area is 99.9 Å². The van der Waals surface area contributed by atoms with Gasteiger partial charge in [-0.05, 0) is 18.9 Å². The molecule has 1 aliphatic rings. The van der Waals surface area contributed by atoms with Crippen LogP contribution in [-0.4, -0.2) is 26.2 Å². The normalized spacial score (nSPS) is 20.0. The number of aromatic nitrogens is 3. The second kappa shape index (κ2) is 3.44. The van der Waals surface area contributed by atoms with Crippen molar-refractivity contribution in [2.45, 2.75) is 24.6 Å². The third kappa shape index (κ3) is 1.50. The van der Waals surface area contributed by atoms with Crippen molar-refractivity contribution >= 4 is 11.2 Å². The van der Waals surface area contributed by atoms with Crippen molar-refractivity contribution < 1.29 is 18.3 Å². The van der Waals surface area contributed by atoms with Gasteiger partial charge in [-0.2, -0.15) is 13.2 Å². The first-order valence-corrected chi connectivity index (χ1v) is 5.52. The van der Waals surface area contributed by atoms with Gasteiger partial charge in [0.2, 0.25) is 5.60 Å². The standard InChI is InChI=1S/C11H10F3N3O/c12-11(13,14)10(18,6-1-2-6)8-5-16-9-7(17-8)3-4-15-9/h3-6,18H,1-2H2,(H,15,16). The van der Waals surface area contributed by atoms with Crippen LogP contribution in [0.4, 0.5) is 13.2 Å². The Morgan fingerprint density at radius 2 is 2.06 bits per heavy atom. The maximum atomic E-state index is 13.1. The van der Waals surface area contributed by atoms with E-state index in [1.165, 1.54) is 12.3 Å². The number of nitrogens with zero attached hydrogens (tertiary/aromatic N) is 2. The molecule has 0 spiro atoms. The minimum Gasteiger partial charge on any atom is -0.375 e. The Morgan fingerprint density at radius 1 is 1.33 bits per heavy atom. The van der Waals surface area contributed by atoms with E-state index in [4.69, 9.17) is 0 Å². The number of hydrogen-bond donors (Lipinski definition) is 2. The number of fused-ring (bicyclic) bond motifs is 1. The maximum absolute atomic E-state index is 13.1. The average molecular weight is 257 g/mol. The van der Waals surface area contributed by atoms with Crippen LogP contribution in [-0.2, 0) is 5.60 Å². The second-order valence-corrected chi connectivity index (χ2v) is 4.51. The van der Waals surface area contributed by atoms with Gasteiger partial charge in [-0.25, -0.2) is 9.97 Å². The van der Waals surface area contributed by atoms with E-state index in [1.54, 1.807) is 0 Å². The molecule has 0 aliphatic heterocycles. The Hall–Kier alpha value is -1.63. The third-order valence-corrected chi connectivity index (χ3v) is 3.25. The monoisotopic (exact) mass is 257 g/mol. The minimum absolute atomic E-state index is 0.316. The zero-order valence-electron chi connectivity index (χ0n) is 9.20. The van der Waals surface area contributed by atoms with Crippen LogP contribution in [0.3, 0.4) is 0 Å². The van der Waals surface area contributed by atoms with E-state index < -0.39 is 23.4 Å². The summed E-state index contributed by atoms with van der Waals surface area (Å²) in [6, 6.07) is 1.52. The van der Waals surface area contributed by atoms with Crippen molar-refractivity contribution in [3.8, 4) is 0 Å². The predicted molar refractivity (Wildman–Crippen MR) is 56.6 cm³/mol. The van der Waals surface area contributed by atoms with Gasteiger partial charge < -0.3 is 10.1 Å². The van der Waals surface area contributed by atoms with Gasteiger partial charge in [0.15, 0.2) is 5.65 Å². The summed E-state index contributed by atoms with van der Waals surface area (Å²) in [5.41, 5.74) is -2.59. The summed E-state index contributed by atoms with van der Waals surface area (Å²) in [5.74, 6) is -0.816. The molecule has 4 nitrogen and oxygen atoms in total. The summed E-state index contributed by atoms with van der Waals surface area (Å²) in [4.78, 5) is 10.5. The van der Waals surface area contributed by atoms with Crippen LogP contribution >= 0.6 is 0 Å². The van der Waals surface area contributed by atoms with Crippen LogP contribution in [0, 0.1) is 5.92 Å². The summed E-state index contributed by atoms with van der Waals surface area (Å²) < 4.78 is 39.2. The van der Waals surface area contributed by atoms with Crippen LogP contribution in [0.1, 0.15) is 18.5 Å². The van der Waals surface area contributed by atoms with Crippen molar-refractivity contribution in [1.82, 2.24) is 15.0 Å². The number of halogens is 3. The van der Waals surface area contributed by atoms with E-state index in [0.29, 0.717) is 24.0 Å². The summed E-state index contributed by atoms with van der Waals surface area (Å²) >= 11 is 0. The van der Waals surface area contributed by atoms with Crippen molar-refractivity contribution in [2.24, 2.45) is 5.92 Å². The van der Waals surface area contributed by atoms with E-state index in [-0.39, 0.29) is 0 Å². The first-order chi connectivity index (χ1) is 8.43. The molecule has 1 atom stereocenters. The van der Waals surface area contributed by atoms with Crippen LogP contribution in [0.2, 0.25) is 0 Å². The number of H-pyrrole nitrogens is 1. The van der Waals surface area contributed by atoms with Crippen LogP contribution in [0.15, 0.2) is 18.5 Å². The Morgan fingerprint density at radius 3 is 2.67 bits per heavy atom. The lowest BCUT2D eigenvalue weighted by molar-refractivity contribution is -0.277. The number of aromatic amines is 1. The minimum atomic E-state index is -4.74. The predicted octanol–water partition coefficient (Wildman–Crippen LogP) is 2.12. The number of rotatable bonds is 2. The molecule has 3 rings (SSSR count). The molecule has 96 valence electrons. The maximum Gasteiger partial charge on any atom is 0.423 e. The zero-order chi connectivity index (χ0) is 13.0. The van der Waals surface area contributed by atoms with Gasteiger partial charge in [0.1, 0.15) is 11.2 Å². The molecule has 2 aromatic rings. The van der Waals surface area contributed by atoms with E-state index in [1.807, 2.05) is 0 Å². The van der Waals surface area contributed by atoms with Crippen LogP contribution < -0.4 is 0 Å². The molecule has 0 aromatic carbocycles. The fraction of sp³-hybridized carbons (Fsp3) is 0.455. The first-order valence-electron chi connectivity index (χ1n) is 5.52. The number of hydrogen-bond acceptors (Lipinski definition) is 3. The van der Waals surface area contributed by atoms with Crippen LogP contribution in [0.5, 0.6) is 0 Å². The van der Waals surface area contributed by atoms with E-state index in [0.717, 1.165) is 6.20 Å². The highest BCUT2D eigenvalue weighted by Gasteiger charge is 2.64. The number of nitrogens with one attached hydrogen (secondary N) is 1. The molecule has 1 unspecified atom stereocenters. The highest BCUT2D eigenvalue weighted by atomic mass is 19.4. The second-order valence-electron chi connectivity index (χ2n) is 4.51. The summed E-state index contributed by atoms with van der Waals surface area (Å²) in [6.45, 7) is 0. The van der Waals surface area contributed by atoms with Gasteiger partial charge in [0.05, 0.1) is 6.20 Å². The molecule has 2 aromatic heterocycles. The summed E-state index contributed by atoms with van der Waals surface area (Å²) in [6.07, 6.45) is -1.51. The molecule has 1 saturated carbocycles. The molecule has 0 saturated heterocycles. The topological polar surface area (TPSA) is 61.8 Å². The third-order valence-electron chi connectivity index (χ3n) is 3.25. The molecular formula is C11H10F3N3O. The highest BCUT2D eigenvalue weighted by Crippen LogP contribution is 2.53. The van der Waals surface area contributed by atoms with Gasteiger partial charge in [-0.3, -0.25) is 0 Å². The van der Waals surface area contributed by atoms with Crippen LogP contribution in [0.25, 0.3) is 11.2 Å². The van der Waals surface area contributed by atoms with E-state index in [9.17, 15) is 18.3 Å². The lowest BCUT2D eigenvalue weighted by Gasteiger charge is -2.29. The van der Waals surface area contributed by atoms with Gasteiger partial charge in [-0.15, -0.1) is 0 Å². The van der Waals surface area contributed by atoms with Gasteiger partial charge in [0.25, 0.3) is 0 Å². The quantitative estimate of drug-likeness (QED) is 0.866. The largest absolute Gasteiger partial charge is 0.423 e. The Balaban J connectivity index is 2.14. The zero-order valence-corrected chi connectivity index (χ0v) is 9.20. The molecule has 0 bridgehead atoms. The molecule has 7 heteroatoms. The van der Waals surface area contributed by atoms with Crippen molar-refractivity contribution in [2.75, 3.05) is 0 Å².